The monoisotopic (exact) mass is 186 g/mol. The summed E-state index contributed by atoms with van der Waals surface area (Å²) >= 11 is 0. The van der Waals surface area contributed by atoms with Crippen molar-refractivity contribution in [3.63, 3.8) is 0 Å². The maximum absolute atomic E-state index is 5.63. The molecular weight excluding hydrogens is 168 g/mol. The summed E-state index contributed by atoms with van der Waals surface area (Å²) in [4.78, 5) is 0. The predicted octanol–water partition coefficient (Wildman–Crippen LogP) is 1.91. The Balaban J connectivity index is 2.03. The zero-order valence-electron chi connectivity index (χ0n) is 8.47. The molecule has 0 atom stereocenters. The molecule has 13 heavy (non-hydrogen) atoms. The fourth-order valence-corrected chi connectivity index (χ4v) is 2.09. The van der Waals surface area contributed by atoms with Gasteiger partial charge >= 0.3 is 0 Å². The van der Waals surface area contributed by atoms with E-state index in [2.05, 4.69) is 6.92 Å². The topological polar surface area (TPSA) is 27.7 Å². The number of hydrogen-bond acceptors (Lipinski definition) is 3. The Morgan fingerprint density at radius 2 is 1.54 bits per heavy atom. The molecule has 76 valence electrons. The van der Waals surface area contributed by atoms with Crippen LogP contribution in [0.1, 0.15) is 33.1 Å². The molecule has 3 saturated heterocycles. The Labute approximate surface area is 79.4 Å². The highest BCUT2D eigenvalue weighted by molar-refractivity contribution is 4.87. The molecule has 0 amide bonds. The largest absolute Gasteiger partial charge is 0.327 e. The van der Waals surface area contributed by atoms with E-state index < -0.39 is 5.97 Å². The summed E-state index contributed by atoms with van der Waals surface area (Å²) in [6.07, 6.45) is 3.07. The normalized spacial score (nSPS) is 43.8. The second kappa shape index (κ2) is 3.23. The van der Waals surface area contributed by atoms with Crippen molar-refractivity contribution in [2.24, 2.45) is 5.41 Å². The third-order valence-electron chi connectivity index (χ3n) is 3.01. The molecule has 3 heterocycles. The number of ether oxygens (including phenoxy) is 3. The van der Waals surface area contributed by atoms with E-state index in [1.807, 2.05) is 6.92 Å². The van der Waals surface area contributed by atoms with Crippen molar-refractivity contribution in [3.8, 4) is 0 Å². The first-order chi connectivity index (χ1) is 6.24. The number of rotatable bonds is 3. The molecule has 3 rings (SSSR count). The first kappa shape index (κ1) is 9.44. The SMILES string of the molecule is CCCC12COC(CC)(OC1)OC2. The van der Waals surface area contributed by atoms with Gasteiger partial charge in [0.25, 0.3) is 5.97 Å². The van der Waals surface area contributed by atoms with Gasteiger partial charge in [0.15, 0.2) is 0 Å². The van der Waals surface area contributed by atoms with E-state index in [-0.39, 0.29) is 5.41 Å². The second-order valence-electron chi connectivity index (χ2n) is 4.15. The van der Waals surface area contributed by atoms with Crippen LogP contribution in [0.4, 0.5) is 0 Å². The van der Waals surface area contributed by atoms with Crippen LogP contribution in [0.2, 0.25) is 0 Å². The molecule has 0 unspecified atom stereocenters. The second-order valence-corrected chi connectivity index (χ2v) is 4.15. The van der Waals surface area contributed by atoms with Crippen LogP contribution >= 0.6 is 0 Å². The molecule has 0 radical (unpaired) electrons. The van der Waals surface area contributed by atoms with Crippen molar-refractivity contribution in [2.75, 3.05) is 19.8 Å². The lowest BCUT2D eigenvalue weighted by molar-refractivity contribution is -0.469. The van der Waals surface area contributed by atoms with Crippen molar-refractivity contribution in [1.82, 2.24) is 0 Å². The number of hydrogen-bond donors (Lipinski definition) is 0. The highest BCUT2D eigenvalue weighted by Crippen LogP contribution is 2.42. The molecule has 0 saturated carbocycles. The van der Waals surface area contributed by atoms with Crippen LogP contribution in [0.25, 0.3) is 0 Å². The molecule has 3 fully saturated rings. The smallest absolute Gasteiger partial charge is 0.282 e. The summed E-state index contributed by atoms with van der Waals surface area (Å²) in [6, 6.07) is 0. The van der Waals surface area contributed by atoms with Crippen LogP contribution in [-0.2, 0) is 14.2 Å². The average molecular weight is 186 g/mol. The summed E-state index contributed by atoms with van der Waals surface area (Å²) in [5.41, 5.74) is 0.145. The third kappa shape index (κ3) is 1.49. The maximum Gasteiger partial charge on any atom is 0.282 e. The van der Waals surface area contributed by atoms with E-state index in [1.54, 1.807) is 0 Å². The molecule has 3 heteroatoms. The highest BCUT2D eigenvalue weighted by atomic mass is 16.9. The van der Waals surface area contributed by atoms with E-state index >= 15 is 0 Å². The van der Waals surface area contributed by atoms with Crippen LogP contribution in [-0.4, -0.2) is 25.8 Å². The summed E-state index contributed by atoms with van der Waals surface area (Å²) in [5, 5.41) is 0. The summed E-state index contributed by atoms with van der Waals surface area (Å²) in [7, 11) is 0. The van der Waals surface area contributed by atoms with E-state index in [0.717, 1.165) is 39.1 Å². The average Bonchev–Trinajstić information content (AvgIpc) is 2.21. The van der Waals surface area contributed by atoms with Crippen molar-refractivity contribution in [1.29, 1.82) is 0 Å². The Hall–Kier alpha value is -0.120. The molecule has 2 bridgehead atoms. The third-order valence-corrected chi connectivity index (χ3v) is 3.01. The van der Waals surface area contributed by atoms with Gasteiger partial charge in [-0.1, -0.05) is 20.3 Å². The minimum Gasteiger partial charge on any atom is -0.327 e. The lowest BCUT2D eigenvalue weighted by atomic mass is 9.84. The quantitative estimate of drug-likeness (QED) is 0.674. The van der Waals surface area contributed by atoms with Gasteiger partial charge in [0, 0.05) is 11.8 Å². The van der Waals surface area contributed by atoms with Crippen LogP contribution in [0.5, 0.6) is 0 Å². The summed E-state index contributed by atoms with van der Waals surface area (Å²) in [5.74, 6) is -0.699. The Bertz CT molecular complexity index is 166. The molecule has 0 spiro atoms. The maximum atomic E-state index is 5.63. The summed E-state index contributed by atoms with van der Waals surface area (Å²) < 4.78 is 16.9. The standard InChI is InChI=1S/C10H18O3/c1-3-5-9-6-11-10(4-2,12-7-9)13-8-9/h3-8H2,1-2H3. The lowest BCUT2D eigenvalue weighted by Crippen LogP contribution is -2.59. The molecule has 0 aromatic carbocycles. The molecule has 3 aliphatic rings. The predicted molar refractivity (Wildman–Crippen MR) is 48.2 cm³/mol. The molecular formula is C10H18O3. The summed E-state index contributed by atoms with van der Waals surface area (Å²) in [6.45, 7) is 6.61. The first-order valence-electron chi connectivity index (χ1n) is 5.16. The number of fused-ring (bicyclic) bond motifs is 3. The zero-order valence-corrected chi connectivity index (χ0v) is 8.47. The van der Waals surface area contributed by atoms with Crippen molar-refractivity contribution in [2.45, 2.75) is 39.1 Å². The molecule has 0 aromatic rings. The van der Waals surface area contributed by atoms with Gasteiger partial charge in [-0.3, -0.25) is 0 Å². The van der Waals surface area contributed by atoms with Crippen molar-refractivity contribution < 1.29 is 14.2 Å². The van der Waals surface area contributed by atoms with Gasteiger partial charge in [-0.15, -0.1) is 0 Å². The van der Waals surface area contributed by atoms with Crippen LogP contribution < -0.4 is 0 Å². The van der Waals surface area contributed by atoms with Gasteiger partial charge in [-0.05, 0) is 6.42 Å². The van der Waals surface area contributed by atoms with E-state index in [1.165, 1.54) is 0 Å². The molecule has 3 aliphatic heterocycles. The van der Waals surface area contributed by atoms with E-state index in [9.17, 15) is 0 Å². The van der Waals surface area contributed by atoms with Crippen LogP contribution in [0, 0.1) is 5.41 Å². The van der Waals surface area contributed by atoms with Gasteiger partial charge in [0.1, 0.15) is 0 Å². The Kier molecular flexibility index (Phi) is 2.34. The van der Waals surface area contributed by atoms with Gasteiger partial charge in [-0.2, -0.15) is 0 Å². The first-order valence-corrected chi connectivity index (χ1v) is 5.16. The molecule has 3 nitrogen and oxygen atoms in total. The Morgan fingerprint density at radius 3 is 1.92 bits per heavy atom. The van der Waals surface area contributed by atoms with Gasteiger partial charge in [0.05, 0.1) is 19.8 Å². The van der Waals surface area contributed by atoms with Gasteiger partial charge in [0.2, 0.25) is 0 Å². The van der Waals surface area contributed by atoms with E-state index in [4.69, 9.17) is 14.2 Å². The lowest BCUT2D eigenvalue weighted by Gasteiger charge is -2.51. The molecule has 0 aromatic heterocycles. The minimum absolute atomic E-state index is 0.145. The van der Waals surface area contributed by atoms with Crippen LogP contribution in [0.15, 0.2) is 0 Å². The van der Waals surface area contributed by atoms with Gasteiger partial charge in [-0.25, -0.2) is 0 Å². The zero-order chi connectivity index (χ0) is 9.36. The fourth-order valence-electron chi connectivity index (χ4n) is 2.09. The van der Waals surface area contributed by atoms with Gasteiger partial charge < -0.3 is 14.2 Å². The van der Waals surface area contributed by atoms with Crippen LogP contribution in [0.3, 0.4) is 0 Å². The highest BCUT2D eigenvalue weighted by Gasteiger charge is 2.50. The minimum atomic E-state index is -0.699. The van der Waals surface area contributed by atoms with Crippen molar-refractivity contribution in [3.05, 3.63) is 0 Å². The molecule has 0 N–H and O–H groups in total. The fraction of sp³-hybridized carbons (Fsp3) is 1.00. The molecule has 0 aliphatic carbocycles. The van der Waals surface area contributed by atoms with Crippen molar-refractivity contribution >= 4 is 0 Å². The Morgan fingerprint density at radius 1 is 1.00 bits per heavy atom. The van der Waals surface area contributed by atoms with E-state index in [0.29, 0.717) is 0 Å².